The number of carbonyl (C=O) groups excluding carboxylic acids is 1. The van der Waals surface area contributed by atoms with Crippen LogP contribution in [0, 0.1) is 5.41 Å². The van der Waals surface area contributed by atoms with Gasteiger partial charge in [-0.1, -0.05) is 49.4 Å². The summed E-state index contributed by atoms with van der Waals surface area (Å²) >= 11 is 0. The number of nitrogens with one attached hydrogen (secondary N) is 1. The molecule has 1 N–H and O–H groups in total. The van der Waals surface area contributed by atoms with E-state index in [4.69, 9.17) is 9.47 Å². The quantitative estimate of drug-likeness (QED) is 0.445. The highest BCUT2D eigenvalue weighted by molar-refractivity contribution is 5.84. The highest BCUT2D eigenvalue weighted by atomic mass is 19.1. The van der Waals surface area contributed by atoms with E-state index in [-0.39, 0.29) is 28.9 Å². The molecular formula is C31H38FNO3. The van der Waals surface area contributed by atoms with Crippen LogP contribution in [0.5, 0.6) is 5.75 Å². The van der Waals surface area contributed by atoms with E-state index < -0.39 is 0 Å². The molecule has 0 spiro atoms. The zero-order chi connectivity index (χ0) is 25.1. The zero-order valence-corrected chi connectivity index (χ0v) is 21.4. The lowest BCUT2D eigenvalue weighted by atomic mass is 9.51. The van der Waals surface area contributed by atoms with Crippen molar-refractivity contribution in [1.82, 2.24) is 5.32 Å². The number of fused-ring (bicyclic) bond motifs is 3. The van der Waals surface area contributed by atoms with Gasteiger partial charge in [-0.15, -0.1) is 0 Å². The van der Waals surface area contributed by atoms with Crippen molar-refractivity contribution in [2.75, 3.05) is 19.8 Å². The minimum absolute atomic E-state index is 0.143. The smallest absolute Gasteiger partial charge is 0.226 e. The molecule has 2 aromatic carbocycles. The molecule has 2 aromatic rings. The van der Waals surface area contributed by atoms with Gasteiger partial charge in [0.15, 0.2) is 0 Å². The van der Waals surface area contributed by atoms with Crippen LogP contribution in [-0.2, 0) is 20.5 Å². The number of hydrogen-bond donors (Lipinski definition) is 1. The molecule has 0 aromatic heterocycles. The molecule has 1 amide bonds. The van der Waals surface area contributed by atoms with Crippen LogP contribution >= 0.6 is 0 Å². The Morgan fingerprint density at radius 3 is 2.14 bits per heavy atom. The second kappa shape index (κ2) is 10.4. The summed E-state index contributed by atoms with van der Waals surface area (Å²) in [6.07, 6.45) is 8.82. The summed E-state index contributed by atoms with van der Waals surface area (Å²) in [5.41, 5.74) is 2.73. The SMILES string of the molecule is CCC(=CF)COc1ccc(C23CCC(C(=O)NC4(c5ccccc5)CCOCC4)(CC2)CC3)cc1. The number of halogens is 1. The highest BCUT2D eigenvalue weighted by Gasteiger charge is 2.54. The molecule has 4 aliphatic rings. The van der Waals surface area contributed by atoms with E-state index in [2.05, 4.69) is 41.7 Å². The van der Waals surface area contributed by atoms with Crippen molar-refractivity contribution in [3.8, 4) is 5.75 Å². The molecule has 6 rings (SSSR count). The second-order valence-electron chi connectivity index (χ2n) is 11.0. The van der Waals surface area contributed by atoms with Crippen molar-refractivity contribution < 1.29 is 18.7 Å². The van der Waals surface area contributed by atoms with Gasteiger partial charge in [-0.25, -0.2) is 4.39 Å². The molecule has 2 bridgehead atoms. The normalized spacial score (nSPS) is 27.4. The average Bonchev–Trinajstić information content (AvgIpc) is 2.96. The number of ether oxygens (including phenoxy) is 2. The number of carbonyl (C=O) groups is 1. The van der Waals surface area contributed by atoms with E-state index in [1.54, 1.807) is 0 Å². The van der Waals surface area contributed by atoms with Gasteiger partial charge < -0.3 is 14.8 Å². The van der Waals surface area contributed by atoms with Crippen LogP contribution in [0.3, 0.4) is 0 Å². The van der Waals surface area contributed by atoms with Gasteiger partial charge in [0.1, 0.15) is 12.4 Å². The van der Waals surface area contributed by atoms with E-state index in [1.165, 1.54) is 11.1 Å². The number of hydrogen-bond acceptors (Lipinski definition) is 3. The van der Waals surface area contributed by atoms with Crippen LogP contribution in [-0.4, -0.2) is 25.7 Å². The molecule has 192 valence electrons. The molecule has 0 radical (unpaired) electrons. The van der Waals surface area contributed by atoms with E-state index in [1.807, 2.05) is 25.1 Å². The largest absolute Gasteiger partial charge is 0.489 e. The Balaban J connectivity index is 1.26. The van der Waals surface area contributed by atoms with Crippen molar-refractivity contribution >= 4 is 5.91 Å². The van der Waals surface area contributed by atoms with Gasteiger partial charge in [0.25, 0.3) is 0 Å². The van der Waals surface area contributed by atoms with Crippen LogP contribution in [0.2, 0.25) is 0 Å². The molecular weight excluding hydrogens is 453 g/mol. The molecule has 3 saturated carbocycles. The van der Waals surface area contributed by atoms with Gasteiger partial charge in [0.05, 0.1) is 11.9 Å². The number of rotatable bonds is 8. The van der Waals surface area contributed by atoms with E-state index in [0.29, 0.717) is 31.5 Å². The Kier molecular flexibility index (Phi) is 7.21. The summed E-state index contributed by atoms with van der Waals surface area (Å²) in [6.45, 7) is 3.56. The molecule has 5 heteroatoms. The van der Waals surface area contributed by atoms with Gasteiger partial charge in [0.2, 0.25) is 5.91 Å². The predicted octanol–water partition coefficient (Wildman–Crippen LogP) is 6.74. The van der Waals surface area contributed by atoms with E-state index in [9.17, 15) is 9.18 Å². The maximum atomic E-state index is 13.9. The van der Waals surface area contributed by atoms with Crippen LogP contribution in [0.15, 0.2) is 66.5 Å². The first-order chi connectivity index (χ1) is 17.5. The van der Waals surface area contributed by atoms with E-state index >= 15 is 0 Å². The standard InChI is InChI=1S/C31H38FNO3/c1-2-24(22-32)23-36-27-10-8-25(9-11-27)29-12-15-30(16-13-29,17-14-29)28(34)33-31(18-20-35-21-19-31)26-6-4-3-5-7-26/h3-11,22H,2,12-21,23H2,1H3,(H,33,34). The third-order valence-electron chi connectivity index (χ3n) is 9.25. The average molecular weight is 492 g/mol. The monoisotopic (exact) mass is 491 g/mol. The summed E-state index contributed by atoms with van der Waals surface area (Å²) in [6, 6.07) is 18.8. The minimum atomic E-state index is -0.331. The lowest BCUT2D eigenvalue weighted by molar-refractivity contribution is -0.141. The van der Waals surface area contributed by atoms with Gasteiger partial charge in [0, 0.05) is 18.6 Å². The van der Waals surface area contributed by atoms with Gasteiger partial charge in [-0.3, -0.25) is 4.79 Å². The van der Waals surface area contributed by atoms with Crippen LogP contribution in [0.4, 0.5) is 4.39 Å². The minimum Gasteiger partial charge on any atom is -0.489 e. The van der Waals surface area contributed by atoms with Gasteiger partial charge >= 0.3 is 0 Å². The fraction of sp³-hybridized carbons (Fsp3) is 0.516. The van der Waals surface area contributed by atoms with Crippen LogP contribution < -0.4 is 10.1 Å². The summed E-state index contributed by atoms with van der Waals surface area (Å²) < 4.78 is 24.2. The van der Waals surface area contributed by atoms with Crippen molar-refractivity contribution in [2.45, 2.75) is 75.7 Å². The molecule has 36 heavy (non-hydrogen) atoms. The molecule has 4 fully saturated rings. The van der Waals surface area contributed by atoms with Crippen molar-refractivity contribution in [2.24, 2.45) is 5.41 Å². The van der Waals surface area contributed by atoms with Crippen molar-refractivity contribution in [3.63, 3.8) is 0 Å². The van der Waals surface area contributed by atoms with Crippen molar-refractivity contribution in [3.05, 3.63) is 77.6 Å². The molecule has 3 aliphatic carbocycles. The summed E-state index contributed by atoms with van der Waals surface area (Å²) in [4.78, 5) is 13.9. The third-order valence-corrected chi connectivity index (χ3v) is 9.25. The molecule has 0 atom stereocenters. The predicted molar refractivity (Wildman–Crippen MR) is 140 cm³/mol. The fourth-order valence-electron chi connectivity index (χ4n) is 6.56. The number of benzene rings is 2. The third kappa shape index (κ3) is 4.70. The maximum Gasteiger partial charge on any atom is 0.226 e. The molecule has 1 saturated heterocycles. The Hall–Kier alpha value is -2.66. The highest BCUT2D eigenvalue weighted by Crippen LogP contribution is 2.58. The number of amides is 1. The molecule has 4 nitrogen and oxygen atoms in total. The topological polar surface area (TPSA) is 47.6 Å². The molecule has 1 heterocycles. The first-order valence-corrected chi connectivity index (χ1v) is 13.5. The second-order valence-corrected chi connectivity index (χ2v) is 11.0. The van der Waals surface area contributed by atoms with Crippen molar-refractivity contribution in [1.29, 1.82) is 0 Å². The van der Waals surface area contributed by atoms with Crippen LogP contribution in [0.25, 0.3) is 0 Å². The van der Waals surface area contributed by atoms with Gasteiger partial charge in [-0.05, 0) is 92.0 Å². The lowest BCUT2D eigenvalue weighted by Gasteiger charge is -2.54. The summed E-state index contributed by atoms with van der Waals surface area (Å²) in [7, 11) is 0. The zero-order valence-electron chi connectivity index (χ0n) is 21.4. The summed E-state index contributed by atoms with van der Waals surface area (Å²) in [5, 5.41) is 3.56. The van der Waals surface area contributed by atoms with E-state index in [0.717, 1.165) is 57.1 Å². The maximum absolute atomic E-state index is 13.9. The first kappa shape index (κ1) is 25.0. The van der Waals surface area contributed by atoms with Gasteiger partial charge in [-0.2, -0.15) is 0 Å². The fourth-order valence-corrected chi connectivity index (χ4v) is 6.56. The Morgan fingerprint density at radius 1 is 0.917 bits per heavy atom. The van der Waals surface area contributed by atoms with Crippen LogP contribution in [0.1, 0.15) is 75.8 Å². The molecule has 0 unspecified atom stereocenters. The Bertz CT molecular complexity index is 1050. The summed E-state index contributed by atoms with van der Waals surface area (Å²) in [5.74, 6) is 1.00. The first-order valence-electron chi connectivity index (χ1n) is 13.5. The lowest BCUT2D eigenvalue weighted by Crippen LogP contribution is -2.57. The Labute approximate surface area is 214 Å². The molecule has 1 aliphatic heterocycles. The Morgan fingerprint density at radius 2 is 1.56 bits per heavy atom.